The topological polar surface area (TPSA) is 88.5 Å². The number of hydrogen-bond donors (Lipinski definition) is 2. The highest BCUT2D eigenvalue weighted by molar-refractivity contribution is 7.14. The number of anilines is 1. The second-order valence-electron chi connectivity index (χ2n) is 6.52. The maximum atomic E-state index is 12.6. The van der Waals surface area contributed by atoms with Crippen LogP contribution in [0.5, 0.6) is 0 Å². The minimum Gasteiger partial charge on any atom is -0.358 e. The number of nitrogens with one attached hydrogen (secondary N) is 2. The number of aromatic amines is 1. The molecule has 0 radical (unpaired) electrons. The molecular formula is C21H16N6OS. The van der Waals surface area contributed by atoms with Crippen molar-refractivity contribution < 1.29 is 4.79 Å². The van der Waals surface area contributed by atoms with Gasteiger partial charge in [0.05, 0.1) is 17.6 Å². The average Bonchev–Trinajstić information content (AvgIpc) is 3.46. The molecule has 142 valence electrons. The van der Waals surface area contributed by atoms with E-state index in [4.69, 9.17) is 0 Å². The second-order valence-corrected chi connectivity index (χ2v) is 7.38. The number of fused-ring (bicyclic) bond motifs is 1. The van der Waals surface area contributed by atoms with E-state index in [1.54, 1.807) is 0 Å². The third-order valence-electron chi connectivity index (χ3n) is 4.59. The zero-order valence-electron chi connectivity index (χ0n) is 15.5. The molecule has 29 heavy (non-hydrogen) atoms. The van der Waals surface area contributed by atoms with Crippen molar-refractivity contribution in [3.05, 3.63) is 77.6 Å². The normalized spacial score (nSPS) is 11.1. The summed E-state index contributed by atoms with van der Waals surface area (Å²) < 4.78 is 0. The fourth-order valence-corrected chi connectivity index (χ4v) is 3.96. The highest BCUT2D eigenvalue weighted by atomic mass is 32.1. The lowest BCUT2D eigenvalue weighted by Crippen LogP contribution is -2.13. The number of H-pyrrole nitrogens is 1. The smallest absolute Gasteiger partial charge is 0.279 e. The Morgan fingerprint density at radius 1 is 1.10 bits per heavy atom. The molecule has 2 N–H and O–H groups in total. The first-order chi connectivity index (χ1) is 14.2. The Morgan fingerprint density at radius 3 is 2.76 bits per heavy atom. The van der Waals surface area contributed by atoms with E-state index in [0.29, 0.717) is 5.13 Å². The van der Waals surface area contributed by atoms with Gasteiger partial charge in [0.2, 0.25) is 0 Å². The number of carbonyl (C=O) groups is 1. The van der Waals surface area contributed by atoms with Gasteiger partial charge >= 0.3 is 0 Å². The van der Waals surface area contributed by atoms with Crippen molar-refractivity contribution >= 4 is 33.3 Å². The SMILES string of the molecule is Cc1[nH]c2ccccc2c1-c1csc(NC(=O)c2cnn(-c3ccccc3)n2)n1. The molecule has 0 aliphatic rings. The lowest BCUT2D eigenvalue weighted by atomic mass is 10.1. The fourth-order valence-electron chi connectivity index (χ4n) is 3.27. The molecule has 0 aliphatic carbocycles. The van der Waals surface area contributed by atoms with Crippen molar-refractivity contribution in [1.29, 1.82) is 0 Å². The molecule has 0 fully saturated rings. The highest BCUT2D eigenvalue weighted by Crippen LogP contribution is 2.33. The van der Waals surface area contributed by atoms with Crippen LogP contribution >= 0.6 is 11.3 Å². The van der Waals surface area contributed by atoms with Crippen molar-refractivity contribution in [3.8, 4) is 16.9 Å². The highest BCUT2D eigenvalue weighted by Gasteiger charge is 2.16. The number of rotatable bonds is 4. The maximum Gasteiger partial charge on any atom is 0.279 e. The minimum absolute atomic E-state index is 0.230. The van der Waals surface area contributed by atoms with Crippen LogP contribution in [-0.4, -0.2) is 30.9 Å². The molecule has 5 aromatic rings. The van der Waals surface area contributed by atoms with Crippen molar-refractivity contribution in [2.45, 2.75) is 6.92 Å². The summed E-state index contributed by atoms with van der Waals surface area (Å²) in [6, 6.07) is 17.5. The van der Waals surface area contributed by atoms with E-state index in [2.05, 4.69) is 31.5 Å². The molecule has 2 aromatic carbocycles. The number of benzene rings is 2. The number of aromatic nitrogens is 5. The van der Waals surface area contributed by atoms with Crippen LogP contribution in [0.4, 0.5) is 5.13 Å². The van der Waals surface area contributed by atoms with E-state index in [1.165, 1.54) is 22.3 Å². The number of para-hydroxylation sites is 2. The first kappa shape index (κ1) is 17.3. The Hall–Kier alpha value is -3.78. The quantitative estimate of drug-likeness (QED) is 0.467. The predicted octanol–water partition coefficient (Wildman–Crippen LogP) is 4.43. The van der Waals surface area contributed by atoms with Crippen LogP contribution in [0.2, 0.25) is 0 Å². The zero-order valence-corrected chi connectivity index (χ0v) is 16.3. The Balaban J connectivity index is 1.38. The standard InChI is InChI=1S/C21H16N6OS/c1-13-19(15-9-5-6-10-16(15)23-13)18-12-29-21(24-18)25-20(28)17-11-22-27(26-17)14-7-3-2-4-8-14/h2-12,23H,1H3,(H,24,25,28). The summed E-state index contributed by atoms with van der Waals surface area (Å²) in [5.74, 6) is -0.344. The third kappa shape index (κ3) is 3.19. The van der Waals surface area contributed by atoms with Crippen LogP contribution in [0.25, 0.3) is 27.8 Å². The number of amides is 1. The van der Waals surface area contributed by atoms with E-state index < -0.39 is 0 Å². The number of carbonyl (C=O) groups excluding carboxylic acids is 1. The Bertz CT molecular complexity index is 1320. The molecule has 0 bridgehead atoms. The molecule has 0 unspecified atom stereocenters. The first-order valence-electron chi connectivity index (χ1n) is 9.01. The largest absolute Gasteiger partial charge is 0.358 e. The van der Waals surface area contributed by atoms with Crippen LogP contribution in [0, 0.1) is 6.92 Å². The van der Waals surface area contributed by atoms with Gasteiger partial charge in [0.1, 0.15) is 0 Å². The molecule has 1 amide bonds. The lowest BCUT2D eigenvalue weighted by molar-refractivity contribution is 0.102. The molecule has 5 rings (SSSR count). The summed E-state index contributed by atoms with van der Waals surface area (Å²) in [7, 11) is 0. The van der Waals surface area contributed by atoms with Crippen molar-refractivity contribution in [1.82, 2.24) is 25.0 Å². The fraction of sp³-hybridized carbons (Fsp3) is 0.0476. The molecule has 3 heterocycles. The van der Waals surface area contributed by atoms with Gasteiger partial charge in [0.25, 0.3) is 5.91 Å². The van der Waals surface area contributed by atoms with Crippen LogP contribution in [0.15, 0.2) is 66.2 Å². The van der Waals surface area contributed by atoms with E-state index in [-0.39, 0.29) is 11.6 Å². The van der Waals surface area contributed by atoms with Gasteiger partial charge in [0, 0.05) is 27.5 Å². The Kier molecular flexibility index (Phi) is 4.18. The summed E-state index contributed by atoms with van der Waals surface area (Å²) in [4.78, 5) is 22.0. The summed E-state index contributed by atoms with van der Waals surface area (Å²) in [6.07, 6.45) is 1.45. The monoisotopic (exact) mass is 400 g/mol. The molecule has 3 aromatic heterocycles. The summed E-state index contributed by atoms with van der Waals surface area (Å²) >= 11 is 1.38. The van der Waals surface area contributed by atoms with Gasteiger partial charge in [-0.2, -0.15) is 9.90 Å². The van der Waals surface area contributed by atoms with Crippen LogP contribution in [-0.2, 0) is 0 Å². The van der Waals surface area contributed by atoms with Crippen LogP contribution in [0.1, 0.15) is 16.2 Å². The zero-order chi connectivity index (χ0) is 19.8. The molecule has 0 spiro atoms. The summed E-state index contributed by atoms with van der Waals surface area (Å²) in [5, 5.41) is 14.8. The van der Waals surface area contributed by atoms with Gasteiger partial charge in [-0.1, -0.05) is 36.4 Å². The van der Waals surface area contributed by atoms with Gasteiger partial charge in [-0.05, 0) is 25.1 Å². The molecular weight excluding hydrogens is 384 g/mol. The molecule has 0 saturated heterocycles. The van der Waals surface area contributed by atoms with E-state index in [9.17, 15) is 4.79 Å². The first-order valence-corrected chi connectivity index (χ1v) is 9.89. The molecule has 0 atom stereocenters. The number of thiazole rings is 1. The number of hydrogen-bond acceptors (Lipinski definition) is 5. The molecule has 8 heteroatoms. The van der Waals surface area contributed by atoms with Crippen LogP contribution < -0.4 is 5.32 Å². The third-order valence-corrected chi connectivity index (χ3v) is 5.34. The van der Waals surface area contributed by atoms with Gasteiger partial charge in [-0.3, -0.25) is 10.1 Å². The van der Waals surface area contributed by atoms with Crippen LogP contribution in [0.3, 0.4) is 0 Å². The van der Waals surface area contributed by atoms with Crippen molar-refractivity contribution in [2.24, 2.45) is 0 Å². The Labute approximate surface area is 170 Å². The van der Waals surface area contributed by atoms with E-state index in [0.717, 1.165) is 33.5 Å². The number of nitrogens with zero attached hydrogens (tertiary/aromatic N) is 4. The summed E-state index contributed by atoms with van der Waals surface area (Å²) in [5.41, 5.74) is 5.00. The van der Waals surface area contributed by atoms with Gasteiger partial charge in [0.15, 0.2) is 10.8 Å². The molecule has 0 saturated carbocycles. The molecule has 7 nitrogen and oxygen atoms in total. The predicted molar refractivity (Wildman–Crippen MR) is 113 cm³/mol. The van der Waals surface area contributed by atoms with E-state index in [1.807, 2.05) is 60.8 Å². The van der Waals surface area contributed by atoms with Gasteiger partial charge in [-0.15, -0.1) is 16.4 Å². The summed E-state index contributed by atoms with van der Waals surface area (Å²) in [6.45, 7) is 2.02. The molecule has 0 aliphatic heterocycles. The van der Waals surface area contributed by atoms with Gasteiger partial charge in [-0.25, -0.2) is 4.98 Å². The Morgan fingerprint density at radius 2 is 1.90 bits per heavy atom. The van der Waals surface area contributed by atoms with Crippen molar-refractivity contribution in [2.75, 3.05) is 5.32 Å². The minimum atomic E-state index is -0.344. The second kappa shape index (κ2) is 6.99. The average molecular weight is 400 g/mol. The number of aryl methyl sites for hydroxylation is 1. The van der Waals surface area contributed by atoms with E-state index >= 15 is 0 Å². The van der Waals surface area contributed by atoms with Crippen molar-refractivity contribution in [3.63, 3.8) is 0 Å². The maximum absolute atomic E-state index is 12.6. The lowest BCUT2D eigenvalue weighted by Gasteiger charge is -1.99. The van der Waals surface area contributed by atoms with Gasteiger partial charge < -0.3 is 4.98 Å².